The van der Waals surface area contributed by atoms with Crippen LogP contribution >= 0.6 is 23.9 Å². The van der Waals surface area contributed by atoms with E-state index in [4.69, 9.17) is 15.2 Å². The van der Waals surface area contributed by atoms with Gasteiger partial charge in [-0.3, -0.25) is 14.4 Å². The van der Waals surface area contributed by atoms with Crippen molar-refractivity contribution in [2.24, 2.45) is 0 Å². The van der Waals surface area contributed by atoms with Crippen LogP contribution in [0.4, 0.5) is 20.2 Å². The molecule has 2 amide bonds. The Morgan fingerprint density at radius 1 is 0.618 bits per heavy atom. The van der Waals surface area contributed by atoms with Crippen molar-refractivity contribution in [1.29, 1.82) is 5.26 Å². The van der Waals surface area contributed by atoms with Crippen molar-refractivity contribution in [3.8, 4) is 11.8 Å². The van der Waals surface area contributed by atoms with Crippen LogP contribution in [0, 0.1) is 36.8 Å². The van der Waals surface area contributed by atoms with Gasteiger partial charge < -0.3 is 20.0 Å². The number of carbonyl (C=O) groups excluding carboxylic acids is 2. The number of halogens is 2. The average Bonchev–Trinajstić information content (AvgIpc) is 3.43. The molecular weight excluding hydrogens is 997 g/mol. The van der Waals surface area contributed by atoms with Crippen molar-refractivity contribution in [2.75, 3.05) is 37.0 Å². The standard InChI is InChI=1S/C30H31F2N3OS.C29H34N2O2S.C2H6.CH2O2/c1-21-8-14-26(15-9-21)35(19-22-10-12-24(13-11-22)23-6-4-3-5-7-23)29(36)20-34(2)37-27-16-25(18-33)30(32)28(31)17-27;1-22-11-17-28(18-12-22)34-30(2)21-29(33)31(26-9-6-10-27(32)19-26)20-23-13-15-25(16-14-23)24-7-4-3-5-8-24;1-2;2-1-3/h8-17,23H,3-7,19-20H2,1-2H3;6,9-19,24,32H,3-5,7-8,20-21H2,1-2H3;1-2H3;1H,(H,2,3). The molecule has 0 unspecified atom stereocenters. The van der Waals surface area contributed by atoms with Crippen LogP contribution in [-0.2, 0) is 27.5 Å². The number of hydrogen-bond donors (Lipinski definition) is 2. The van der Waals surface area contributed by atoms with Crippen molar-refractivity contribution in [1.82, 2.24) is 8.61 Å². The lowest BCUT2D eigenvalue weighted by Gasteiger charge is -2.26. The number of benzene rings is 6. The third-order valence-electron chi connectivity index (χ3n) is 13.3. The molecule has 6 aromatic rings. The smallest absolute Gasteiger partial charge is 0.290 e. The summed E-state index contributed by atoms with van der Waals surface area (Å²) >= 11 is 2.65. The van der Waals surface area contributed by atoms with E-state index in [-0.39, 0.29) is 42.7 Å². The van der Waals surface area contributed by atoms with E-state index in [0.717, 1.165) is 45.3 Å². The van der Waals surface area contributed by atoms with E-state index < -0.39 is 11.6 Å². The number of nitriles is 1. The minimum absolute atomic E-state index is 0.0101. The molecule has 402 valence electrons. The van der Waals surface area contributed by atoms with Crippen LogP contribution in [-0.4, -0.2) is 64.3 Å². The maximum atomic E-state index is 13.9. The molecule has 0 aliphatic heterocycles. The molecule has 2 N–H and O–H groups in total. The van der Waals surface area contributed by atoms with Gasteiger partial charge in [0.25, 0.3) is 6.47 Å². The number of aryl methyl sites for hydroxylation is 2. The number of amides is 2. The lowest BCUT2D eigenvalue weighted by atomic mass is 9.84. The highest BCUT2D eigenvalue weighted by Crippen LogP contribution is 2.35. The quantitative estimate of drug-likeness (QED) is 0.0714. The lowest BCUT2D eigenvalue weighted by Crippen LogP contribution is -2.36. The van der Waals surface area contributed by atoms with Crippen LogP contribution < -0.4 is 9.80 Å². The topological polar surface area (TPSA) is 128 Å². The van der Waals surface area contributed by atoms with Gasteiger partial charge in [0.1, 0.15) is 11.8 Å². The van der Waals surface area contributed by atoms with Gasteiger partial charge in [-0.05, 0) is 160 Å². The summed E-state index contributed by atoms with van der Waals surface area (Å²) in [4.78, 5) is 40.2. The van der Waals surface area contributed by atoms with Crippen LogP contribution in [0.1, 0.15) is 129 Å². The molecular formula is C62H73F2N5O5S2. The summed E-state index contributed by atoms with van der Waals surface area (Å²) in [5.74, 6) is -0.933. The van der Waals surface area contributed by atoms with E-state index in [2.05, 4.69) is 79.7 Å². The molecule has 2 fully saturated rings. The Morgan fingerprint density at radius 2 is 1.05 bits per heavy atom. The normalized spacial score (nSPS) is 13.4. The van der Waals surface area contributed by atoms with Crippen LogP contribution in [0.3, 0.4) is 0 Å². The van der Waals surface area contributed by atoms with Gasteiger partial charge in [0.15, 0.2) is 11.6 Å². The maximum Gasteiger partial charge on any atom is 0.290 e. The third kappa shape index (κ3) is 19.0. The monoisotopic (exact) mass is 1070 g/mol. The first kappa shape index (κ1) is 60.4. The van der Waals surface area contributed by atoms with Crippen molar-refractivity contribution >= 4 is 53.6 Å². The highest BCUT2D eigenvalue weighted by molar-refractivity contribution is 7.97. The molecule has 10 nitrogen and oxygen atoms in total. The number of anilines is 2. The van der Waals surface area contributed by atoms with Gasteiger partial charge in [0.05, 0.1) is 31.7 Å². The number of carbonyl (C=O) groups is 3. The van der Waals surface area contributed by atoms with Crippen molar-refractivity contribution in [3.05, 3.63) is 184 Å². The molecule has 0 saturated heterocycles. The third-order valence-corrected chi connectivity index (χ3v) is 15.1. The number of phenolic OH excluding ortho intramolecular Hbond substituents is 1. The van der Waals surface area contributed by atoms with Crippen LogP contribution in [0.5, 0.6) is 5.75 Å². The zero-order chi connectivity index (χ0) is 55.0. The number of rotatable bonds is 16. The van der Waals surface area contributed by atoms with Crippen molar-refractivity contribution in [3.63, 3.8) is 0 Å². The van der Waals surface area contributed by atoms with Gasteiger partial charge in [-0.1, -0.05) is 142 Å². The minimum atomic E-state index is -1.16. The molecule has 0 atom stereocenters. The zero-order valence-corrected chi connectivity index (χ0v) is 46.4. The number of carboxylic acid groups (broad SMARTS) is 1. The first-order chi connectivity index (χ1) is 36.7. The Balaban J connectivity index is 0.000000260. The van der Waals surface area contributed by atoms with Crippen molar-refractivity contribution in [2.45, 2.75) is 127 Å². The first-order valence-corrected chi connectivity index (χ1v) is 27.7. The Bertz CT molecular complexity index is 2780. The molecule has 8 rings (SSSR count). The second-order valence-corrected chi connectivity index (χ2v) is 21.6. The highest BCUT2D eigenvalue weighted by Gasteiger charge is 2.23. The summed E-state index contributed by atoms with van der Waals surface area (Å²) < 4.78 is 31.2. The van der Waals surface area contributed by atoms with Crippen molar-refractivity contribution < 1.29 is 33.4 Å². The minimum Gasteiger partial charge on any atom is -0.508 e. The first-order valence-electron chi connectivity index (χ1n) is 26.2. The van der Waals surface area contributed by atoms with Crippen LogP contribution in [0.2, 0.25) is 0 Å². The average molecular weight is 1070 g/mol. The lowest BCUT2D eigenvalue weighted by molar-refractivity contribution is -0.123. The summed E-state index contributed by atoms with van der Waals surface area (Å²) in [6.07, 6.45) is 12.9. The molecule has 0 heterocycles. The fourth-order valence-electron chi connectivity index (χ4n) is 9.33. The zero-order valence-electron chi connectivity index (χ0n) is 44.8. The number of nitrogens with zero attached hydrogens (tertiary/aromatic N) is 5. The fourth-order valence-corrected chi connectivity index (χ4v) is 11.0. The van der Waals surface area contributed by atoms with Gasteiger partial charge in [-0.25, -0.2) is 17.4 Å². The Hall–Kier alpha value is -6.50. The Kier molecular flexibility index (Phi) is 25.0. The molecule has 0 aromatic heterocycles. The van der Waals surface area contributed by atoms with E-state index in [1.807, 2.05) is 62.5 Å². The van der Waals surface area contributed by atoms with Gasteiger partial charge >= 0.3 is 0 Å². The maximum absolute atomic E-state index is 13.9. The Labute approximate surface area is 458 Å². The van der Waals surface area contributed by atoms with Crippen LogP contribution in [0.15, 0.2) is 143 Å². The van der Waals surface area contributed by atoms with Gasteiger partial charge in [0.2, 0.25) is 11.8 Å². The molecule has 76 heavy (non-hydrogen) atoms. The van der Waals surface area contributed by atoms with E-state index >= 15 is 0 Å². The molecule has 0 bridgehead atoms. The number of phenols is 1. The number of likely N-dealkylation sites (N-methyl/N-ethyl adjacent to an activating group) is 2. The fraction of sp³-hybridized carbons (Fsp3) is 0.355. The van der Waals surface area contributed by atoms with Gasteiger partial charge in [0, 0.05) is 27.2 Å². The molecule has 2 aliphatic rings. The molecule has 14 heteroatoms. The number of aromatic hydroxyl groups is 1. The largest absolute Gasteiger partial charge is 0.508 e. The van der Waals surface area contributed by atoms with E-state index in [0.29, 0.717) is 35.5 Å². The van der Waals surface area contributed by atoms with E-state index in [9.17, 15) is 23.5 Å². The van der Waals surface area contributed by atoms with E-state index in [1.54, 1.807) is 57.4 Å². The summed E-state index contributed by atoms with van der Waals surface area (Å²) in [5.41, 5.74) is 8.37. The summed E-state index contributed by atoms with van der Waals surface area (Å²) in [7, 11) is 3.64. The summed E-state index contributed by atoms with van der Waals surface area (Å²) in [6, 6.07) is 44.4. The molecule has 0 radical (unpaired) electrons. The van der Waals surface area contributed by atoms with Gasteiger partial charge in [-0.15, -0.1) is 0 Å². The van der Waals surface area contributed by atoms with E-state index in [1.165, 1.54) is 87.0 Å². The molecule has 6 aromatic carbocycles. The summed E-state index contributed by atoms with van der Waals surface area (Å²) in [5, 5.41) is 26.0. The SMILES string of the molecule is CC.Cc1ccc(N(Cc2ccc(C3CCCCC3)cc2)C(=O)CN(C)Sc2cc(F)c(F)c(C#N)c2)cc1.Cc1ccc(SN(C)CC(=O)N(Cc2ccc(C3CCCCC3)cc2)c2cccc(O)c2)cc1.O=CO. The second kappa shape index (κ2) is 31.5. The van der Waals surface area contributed by atoms with Crippen LogP contribution in [0.25, 0.3) is 0 Å². The molecule has 0 spiro atoms. The summed E-state index contributed by atoms with van der Waals surface area (Å²) in [6.45, 7) is 9.01. The van der Waals surface area contributed by atoms with Gasteiger partial charge in [-0.2, -0.15) is 5.26 Å². The predicted octanol–water partition coefficient (Wildman–Crippen LogP) is 15.0. The highest BCUT2D eigenvalue weighted by atomic mass is 32.2. The second-order valence-electron chi connectivity index (χ2n) is 19.0. The Morgan fingerprint density at radius 3 is 1.50 bits per heavy atom. The molecule has 2 aliphatic carbocycles. The number of hydrogen-bond acceptors (Lipinski definition) is 9. The predicted molar refractivity (Wildman–Crippen MR) is 305 cm³/mol. The molecule has 2 saturated carbocycles.